The molecule has 1 aliphatic carbocycles. The van der Waals surface area contributed by atoms with E-state index in [0.717, 1.165) is 5.92 Å². The first kappa shape index (κ1) is 10.7. The van der Waals surface area contributed by atoms with Gasteiger partial charge in [0.15, 0.2) is 0 Å². The Balaban J connectivity index is 2.56. The lowest BCUT2D eigenvalue weighted by Gasteiger charge is -2.23. The number of methoxy groups -OCH3 is 1. The van der Waals surface area contributed by atoms with Crippen LogP contribution < -0.4 is 5.32 Å². The zero-order valence-corrected chi connectivity index (χ0v) is 9.13. The molecule has 1 rings (SSSR count). The summed E-state index contributed by atoms with van der Waals surface area (Å²) in [6.45, 7) is 4.26. The second-order valence-corrected chi connectivity index (χ2v) is 4.10. The van der Waals surface area contributed by atoms with Crippen molar-refractivity contribution in [3.8, 4) is 0 Å². The molecule has 0 bridgehead atoms. The third-order valence-electron chi connectivity index (χ3n) is 2.56. The van der Waals surface area contributed by atoms with E-state index in [2.05, 4.69) is 25.2 Å². The fourth-order valence-electron chi connectivity index (χ4n) is 1.76. The number of ether oxygens (including phenoxy) is 1. The average molecular weight is 183 g/mol. The van der Waals surface area contributed by atoms with Gasteiger partial charge >= 0.3 is 0 Å². The Kier molecular flexibility index (Phi) is 3.94. The molecule has 2 atom stereocenters. The van der Waals surface area contributed by atoms with Crippen LogP contribution >= 0.6 is 0 Å². The molecule has 0 radical (unpaired) electrons. The van der Waals surface area contributed by atoms with E-state index in [-0.39, 0.29) is 0 Å². The van der Waals surface area contributed by atoms with Crippen LogP contribution in [-0.4, -0.2) is 26.3 Å². The number of hydrogen-bond donors (Lipinski definition) is 1. The maximum Gasteiger partial charge on any atom is 0.0788 e. The molecule has 2 unspecified atom stereocenters. The Bertz CT molecular complexity index is 181. The van der Waals surface area contributed by atoms with Gasteiger partial charge in [-0.3, -0.25) is 0 Å². The van der Waals surface area contributed by atoms with Crippen LogP contribution in [0.3, 0.4) is 0 Å². The van der Waals surface area contributed by atoms with E-state index in [1.54, 1.807) is 0 Å². The molecule has 1 saturated carbocycles. The molecule has 0 aromatic heterocycles. The molecule has 0 aromatic rings. The van der Waals surface area contributed by atoms with E-state index in [0.29, 0.717) is 12.1 Å². The first-order valence-corrected chi connectivity index (χ1v) is 5.04. The van der Waals surface area contributed by atoms with Crippen LogP contribution in [0, 0.1) is 5.92 Å². The summed E-state index contributed by atoms with van der Waals surface area (Å²) >= 11 is 0. The van der Waals surface area contributed by atoms with Crippen molar-refractivity contribution in [2.45, 2.75) is 38.8 Å². The molecule has 0 aromatic carbocycles. The standard InChI is InChI=1S/C11H21NO/c1-8(2)7-10(12-3)11(13-4)9-5-6-9/h7,9-12H,5-6H2,1-4H3. The lowest BCUT2D eigenvalue weighted by atomic mass is 10.0. The molecule has 1 N–H and O–H groups in total. The summed E-state index contributed by atoms with van der Waals surface area (Å²) in [4.78, 5) is 0. The lowest BCUT2D eigenvalue weighted by molar-refractivity contribution is 0.0663. The summed E-state index contributed by atoms with van der Waals surface area (Å²) in [7, 11) is 3.81. The maximum atomic E-state index is 5.52. The fraction of sp³-hybridized carbons (Fsp3) is 0.818. The highest BCUT2D eigenvalue weighted by atomic mass is 16.5. The number of likely N-dealkylation sites (N-methyl/N-ethyl adjacent to an activating group) is 1. The van der Waals surface area contributed by atoms with E-state index < -0.39 is 0 Å². The summed E-state index contributed by atoms with van der Waals surface area (Å²) in [6.07, 6.45) is 5.27. The summed E-state index contributed by atoms with van der Waals surface area (Å²) in [5.41, 5.74) is 1.35. The number of allylic oxidation sites excluding steroid dienone is 1. The van der Waals surface area contributed by atoms with Crippen molar-refractivity contribution in [1.29, 1.82) is 0 Å². The van der Waals surface area contributed by atoms with Crippen LogP contribution in [0.5, 0.6) is 0 Å². The van der Waals surface area contributed by atoms with Crippen LogP contribution in [0.25, 0.3) is 0 Å². The highest BCUT2D eigenvalue weighted by Crippen LogP contribution is 2.35. The molecular formula is C11H21NO. The molecule has 0 amide bonds. The fourth-order valence-corrected chi connectivity index (χ4v) is 1.76. The summed E-state index contributed by atoms with van der Waals surface area (Å²) in [5, 5.41) is 3.30. The SMILES string of the molecule is CNC(C=C(C)C)C(OC)C1CC1. The monoisotopic (exact) mass is 183 g/mol. The molecule has 2 heteroatoms. The number of nitrogens with one attached hydrogen (secondary N) is 1. The molecule has 2 nitrogen and oxygen atoms in total. The van der Waals surface area contributed by atoms with Crippen LogP contribution in [0.1, 0.15) is 26.7 Å². The summed E-state index contributed by atoms with van der Waals surface area (Å²) in [6, 6.07) is 0.377. The van der Waals surface area contributed by atoms with E-state index in [1.807, 2.05) is 14.2 Å². The molecule has 0 heterocycles. The molecule has 76 valence electrons. The Labute approximate surface area is 81.4 Å². The van der Waals surface area contributed by atoms with Gasteiger partial charge < -0.3 is 10.1 Å². The van der Waals surface area contributed by atoms with Crippen LogP contribution in [0.4, 0.5) is 0 Å². The Morgan fingerprint density at radius 2 is 2.08 bits per heavy atom. The lowest BCUT2D eigenvalue weighted by Crippen LogP contribution is -2.38. The van der Waals surface area contributed by atoms with Gasteiger partial charge in [0.2, 0.25) is 0 Å². The van der Waals surface area contributed by atoms with Gasteiger partial charge in [-0.15, -0.1) is 0 Å². The molecule has 0 aliphatic heterocycles. The molecule has 1 fully saturated rings. The molecule has 0 saturated heterocycles. The summed E-state index contributed by atoms with van der Waals surface area (Å²) in [5.74, 6) is 0.776. The van der Waals surface area contributed by atoms with Crippen molar-refractivity contribution in [3.63, 3.8) is 0 Å². The first-order chi connectivity index (χ1) is 6.19. The topological polar surface area (TPSA) is 21.3 Å². The average Bonchev–Trinajstić information content (AvgIpc) is 2.87. The van der Waals surface area contributed by atoms with Gasteiger partial charge in [0.1, 0.15) is 0 Å². The van der Waals surface area contributed by atoms with E-state index in [1.165, 1.54) is 18.4 Å². The predicted octanol–water partition coefficient (Wildman–Crippen LogP) is 1.97. The number of rotatable bonds is 5. The van der Waals surface area contributed by atoms with E-state index >= 15 is 0 Å². The Hall–Kier alpha value is -0.340. The normalized spacial score (nSPS) is 20.9. The molecule has 0 spiro atoms. The smallest absolute Gasteiger partial charge is 0.0788 e. The maximum absolute atomic E-state index is 5.52. The minimum atomic E-state index is 0.361. The summed E-state index contributed by atoms with van der Waals surface area (Å²) < 4.78 is 5.52. The van der Waals surface area contributed by atoms with Crippen molar-refractivity contribution < 1.29 is 4.74 Å². The number of hydrogen-bond acceptors (Lipinski definition) is 2. The van der Waals surface area contributed by atoms with Crippen LogP contribution in [0.2, 0.25) is 0 Å². The van der Waals surface area contributed by atoms with Crippen LogP contribution in [-0.2, 0) is 4.74 Å². The van der Waals surface area contributed by atoms with Crippen molar-refractivity contribution in [2.75, 3.05) is 14.2 Å². The van der Waals surface area contributed by atoms with Gasteiger partial charge in [-0.2, -0.15) is 0 Å². The highest BCUT2D eigenvalue weighted by molar-refractivity contribution is 5.06. The third kappa shape index (κ3) is 3.12. The second-order valence-electron chi connectivity index (χ2n) is 4.10. The zero-order chi connectivity index (χ0) is 9.84. The minimum Gasteiger partial charge on any atom is -0.379 e. The van der Waals surface area contributed by atoms with Crippen molar-refractivity contribution in [3.05, 3.63) is 11.6 Å². The van der Waals surface area contributed by atoms with Gasteiger partial charge in [0, 0.05) is 7.11 Å². The van der Waals surface area contributed by atoms with Crippen molar-refractivity contribution in [1.82, 2.24) is 5.32 Å². The van der Waals surface area contributed by atoms with Gasteiger partial charge in [0.05, 0.1) is 12.1 Å². The van der Waals surface area contributed by atoms with Crippen molar-refractivity contribution in [2.24, 2.45) is 5.92 Å². The van der Waals surface area contributed by atoms with Gasteiger partial charge in [-0.1, -0.05) is 11.6 Å². The largest absolute Gasteiger partial charge is 0.379 e. The molecule has 1 aliphatic rings. The minimum absolute atomic E-state index is 0.361. The van der Waals surface area contributed by atoms with Gasteiger partial charge in [-0.05, 0) is 39.7 Å². The highest BCUT2D eigenvalue weighted by Gasteiger charge is 2.35. The quantitative estimate of drug-likeness (QED) is 0.658. The molecule has 13 heavy (non-hydrogen) atoms. The zero-order valence-electron chi connectivity index (χ0n) is 9.13. The van der Waals surface area contributed by atoms with Gasteiger partial charge in [-0.25, -0.2) is 0 Å². The third-order valence-corrected chi connectivity index (χ3v) is 2.56. The van der Waals surface area contributed by atoms with Crippen LogP contribution in [0.15, 0.2) is 11.6 Å². The van der Waals surface area contributed by atoms with Crippen molar-refractivity contribution >= 4 is 0 Å². The second kappa shape index (κ2) is 4.77. The van der Waals surface area contributed by atoms with Gasteiger partial charge in [0.25, 0.3) is 0 Å². The first-order valence-electron chi connectivity index (χ1n) is 5.04. The Morgan fingerprint density at radius 1 is 1.46 bits per heavy atom. The van der Waals surface area contributed by atoms with E-state index in [9.17, 15) is 0 Å². The molecular weight excluding hydrogens is 162 g/mol. The predicted molar refractivity (Wildman–Crippen MR) is 55.8 cm³/mol. The van der Waals surface area contributed by atoms with E-state index in [4.69, 9.17) is 4.74 Å². The Morgan fingerprint density at radius 3 is 2.38 bits per heavy atom.